The van der Waals surface area contributed by atoms with E-state index in [1.165, 1.54) is 6.42 Å². The van der Waals surface area contributed by atoms with Gasteiger partial charge in [-0.25, -0.2) is 0 Å². The van der Waals surface area contributed by atoms with Crippen molar-refractivity contribution in [1.29, 1.82) is 0 Å². The Morgan fingerprint density at radius 1 is 1.18 bits per heavy atom. The van der Waals surface area contributed by atoms with E-state index in [1.807, 2.05) is 0 Å². The van der Waals surface area contributed by atoms with Crippen LogP contribution >= 0.6 is 0 Å². The van der Waals surface area contributed by atoms with E-state index in [0.717, 1.165) is 51.0 Å². The molecule has 0 saturated carbocycles. The van der Waals surface area contributed by atoms with Crippen LogP contribution in [0.4, 0.5) is 0 Å². The minimum absolute atomic E-state index is 0.720. The number of nitrogens with zero attached hydrogens (tertiary/aromatic N) is 1. The van der Waals surface area contributed by atoms with E-state index in [4.69, 9.17) is 4.74 Å². The minimum atomic E-state index is 0.720. The maximum atomic E-state index is 5.47. The summed E-state index contributed by atoms with van der Waals surface area (Å²) in [5.41, 5.74) is 0. The zero-order valence-electron chi connectivity index (χ0n) is 11.9. The van der Waals surface area contributed by atoms with E-state index in [-0.39, 0.29) is 0 Å². The van der Waals surface area contributed by atoms with E-state index in [0.29, 0.717) is 0 Å². The fourth-order valence-electron chi connectivity index (χ4n) is 1.29. The first-order valence-corrected chi connectivity index (χ1v) is 6.73. The van der Waals surface area contributed by atoms with Crippen molar-refractivity contribution in [1.82, 2.24) is 10.6 Å². The average molecular weight is 243 g/mol. The molecule has 0 rings (SSSR count). The standard InChI is InChI=1S/C13H29N3O/c1-5-6-10-17-11-9-16-13(14-4)15-8-7-12(2)3/h12H,5-11H2,1-4H3,(H2,14,15,16). The van der Waals surface area contributed by atoms with Crippen LogP contribution in [0.15, 0.2) is 4.99 Å². The van der Waals surface area contributed by atoms with Crippen LogP contribution in [-0.4, -0.2) is 39.3 Å². The van der Waals surface area contributed by atoms with E-state index in [2.05, 4.69) is 36.4 Å². The second kappa shape index (κ2) is 11.7. The highest BCUT2D eigenvalue weighted by atomic mass is 16.5. The van der Waals surface area contributed by atoms with Crippen molar-refractivity contribution in [2.75, 3.05) is 33.4 Å². The lowest BCUT2D eigenvalue weighted by Crippen LogP contribution is -2.39. The van der Waals surface area contributed by atoms with Gasteiger partial charge < -0.3 is 15.4 Å². The van der Waals surface area contributed by atoms with Crippen LogP contribution in [0.3, 0.4) is 0 Å². The molecule has 0 aliphatic heterocycles. The molecule has 0 aliphatic rings. The lowest BCUT2D eigenvalue weighted by molar-refractivity contribution is 0.136. The summed E-state index contributed by atoms with van der Waals surface area (Å²) in [5.74, 6) is 1.59. The topological polar surface area (TPSA) is 45.6 Å². The molecule has 0 aromatic rings. The maximum Gasteiger partial charge on any atom is 0.191 e. The third kappa shape index (κ3) is 11.5. The maximum absolute atomic E-state index is 5.47. The van der Waals surface area contributed by atoms with Gasteiger partial charge in [0.05, 0.1) is 6.61 Å². The number of hydrogen-bond acceptors (Lipinski definition) is 2. The van der Waals surface area contributed by atoms with Crippen LogP contribution < -0.4 is 10.6 Å². The molecular formula is C13H29N3O. The Balaban J connectivity index is 3.42. The van der Waals surface area contributed by atoms with Crippen molar-refractivity contribution in [2.45, 2.75) is 40.0 Å². The Labute approximate surface area is 106 Å². The van der Waals surface area contributed by atoms with E-state index in [1.54, 1.807) is 7.05 Å². The van der Waals surface area contributed by atoms with Crippen molar-refractivity contribution < 1.29 is 4.74 Å². The summed E-state index contributed by atoms with van der Waals surface area (Å²) in [6.07, 6.45) is 3.49. The molecule has 0 saturated heterocycles. The molecular weight excluding hydrogens is 214 g/mol. The minimum Gasteiger partial charge on any atom is -0.380 e. The number of hydrogen-bond donors (Lipinski definition) is 2. The normalized spacial score (nSPS) is 11.9. The van der Waals surface area contributed by atoms with Gasteiger partial charge >= 0.3 is 0 Å². The SMILES string of the molecule is CCCCOCCNC(=NC)NCCC(C)C. The zero-order chi connectivity index (χ0) is 12.9. The van der Waals surface area contributed by atoms with Crippen LogP contribution in [0, 0.1) is 5.92 Å². The van der Waals surface area contributed by atoms with E-state index >= 15 is 0 Å². The van der Waals surface area contributed by atoms with Crippen molar-refractivity contribution in [3.05, 3.63) is 0 Å². The summed E-state index contributed by atoms with van der Waals surface area (Å²) < 4.78 is 5.47. The molecule has 0 spiro atoms. The summed E-state index contributed by atoms with van der Waals surface area (Å²) in [6.45, 7) is 9.99. The lowest BCUT2D eigenvalue weighted by Gasteiger charge is -2.12. The molecule has 102 valence electrons. The molecule has 4 heteroatoms. The number of aliphatic imine (C=N–C) groups is 1. The third-order valence-corrected chi connectivity index (χ3v) is 2.42. The van der Waals surface area contributed by atoms with Gasteiger partial charge in [-0.05, 0) is 18.8 Å². The molecule has 17 heavy (non-hydrogen) atoms. The van der Waals surface area contributed by atoms with Gasteiger partial charge in [-0.15, -0.1) is 0 Å². The van der Waals surface area contributed by atoms with Crippen molar-refractivity contribution in [3.63, 3.8) is 0 Å². The van der Waals surface area contributed by atoms with Crippen molar-refractivity contribution in [2.24, 2.45) is 10.9 Å². The van der Waals surface area contributed by atoms with Crippen molar-refractivity contribution >= 4 is 5.96 Å². The van der Waals surface area contributed by atoms with Crippen molar-refractivity contribution in [3.8, 4) is 0 Å². The number of unbranched alkanes of at least 4 members (excludes halogenated alkanes) is 1. The zero-order valence-corrected chi connectivity index (χ0v) is 11.9. The van der Waals surface area contributed by atoms with Gasteiger partial charge in [0.2, 0.25) is 0 Å². The van der Waals surface area contributed by atoms with Gasteiger partial charge in [-0.1, -0.05) is 27.2 Å². The first-order chi connectivity index (χ1) is 8.20. The molecule has 2 N–H and O–H groups in total. The highest BCUT2D eigenvalue weighted by Crippen LogP contribution is 1.95. The van der Waals surface area contributed by atoms with Gasteiger partial charge in [0.15, 0.2) is 5.96 Å². The average Bonchev–Trinajstić information content (AvgIpc) is 2.30. The van der Waals surface area contributed by atoms with Crippen LogP contribution in [0.1, 0.15) is 40.0 Å². The fourth-order valence-corrected chi connectivity index (χ4v) is 1.29. The predicted octanol–water partition coefficient (Wildman–Crippen LogP) is 2.01. The van der Waals surface area contributed by atoms with Gasteiger partial charge in [0.1, 0.15) is 0 Å². The highest BCUT2D eigenvalue weighted by molar-refractivity contribution is 5.79. The molecule has 0 fully saturated rings. The molecule has 0 amide bonds. The van der Waals surface area contributed by atoms with E-state index in [9.17, 15) is 0 Å². The van der Waals surface area contributed by atoms with Gasteiger partial charge in [0, 0.05) is 26.7 Å². The van der Waals surface area contributed by atoms with Gasteiger partial charge in [0.25, 0.3) is 0 Å². The molecule has 0 bridgehead atoms. The summed E-state index contributed by atoms with van der Waals surface area (Å²) in [7, 11) is 1.79. The quantitative estimate of drug-likeness (QED) is 0.370. The van der Waals surface area contributed by atoms with E-state index < -0.39 is 0 Å². The smallest absolute Gasteiger partial charge is 0.191 e. The Bertz CT molecular complexity index is 193. The lowest BCUT2D eigenvalue weighted by atomic mass is 10.1. The number of nitrogens with one attached hydrogen (secondary N) is 2. The molecule has 0 aliphatic carbocycles. The first kappa shape index (κ1) is 16.2. The van der Waals surface area contributed by atoms with Crippen LogP contribution in [0.25, 0.3) is 0 Å². The summed E-state index contributed by atoms with van der Waals surface area (Å²) >= 11 is 0. The molecule has 0 aromatic heterocycles. The molecule has 0 radical (unpaired) electrons. The highest BCUT2D eigenvalue weighted by Gasteiger charge is 1.98. The monoisotopic (exact) mass is 243 g/mol. The van der Waals surface area contributed by atoms with Crippen LogP contribution in [-0.2, 0) is 4.74 Å². The Morgan fingerprint density at radius 2 is 1.88 bits per heavy atom. The number of rotatable bonds is 9. The second-order valence-electron chi connectivity index (χ2n) is 4.57. The van der Waals surface area contributed by atoms with Crippen LogP contribution in [0.2, 0.25) is 0 Å². The van der Waals surface area contributed by atoms with Gasteiger partial charge in [-0.3, -0.25) is 4.99 Å². The van der Waals surface area contributed by atoms with Crippen LogP contribution in [0.5, 0.6) is 0 Å². The molecule has 0 aromatic carbocycles. The summed E-state index contributed by atoms with van der Waals surface area (Å²) in [6, 6.07) is 0. The summed E-state index contributed by atoms with van der Waals surface area (Å²) in [4.78, 5) is 4.16. The fraction of sp³-hybridized carbons (Fsp3) is 0.923. The Hall–Kier alpha value is -0.770. The third-order valence-electron chi connectivity index (χ3n) is 2.42. The Kier molecular flexibility index (Phi) is 11.2. The number of guanidine groups is 1. The Morgan fingerprint density at radius 3 is 2.47 bits per heavy atom. The molecule has 0 unspecified atom stereocenters. The second-order valence-corrected chi connectivity index (χ2v) is 4.57. The number of ether oxygens (including phenoxy) is 1. The molecule has 0 atom stereocenters. The predicted molar refractivity (Wildman–Crippen MR) is 74.5 cm³/mol. The first-order valence-electron chi connectivity index (χ1n) is 6.73. The largest absolute Gasteiger partial charge is 0.380 e. The van der Waals surface area contributed by atoms with Gasteiger partial charge in [-0.2, -0.15) is 0 Å². The summed E-state index contributed by atoms with van der Waals surface area (Å²) in [5, 5.41) is 6.52. The molecule has 4 nitrogen and oxygen atoms in total. The molecule has 0 heterocycles.